The first-order valence-electron chi connectivity index (χ1n) is 16.0. The van der Waals surface area contributed by atoms with Gasteiger partial charge in [0, 0.05) is 85.8 Å². The van der Waals surface area contributed by atoms with Crippen LogP contribution in [0.25, 0.3) is 0 Å². The van der Waals surface area contributed by atoms with Crippen molar-refractivity contribution in [1.82, 2.24) is 0 Å². The Morgan fingerprint density at radius 1 is 0.725 bits per heavy atom. The summed E-state index contributed by atoms with van der Waals surface area (Å²) in [5.74, 6) is 4.71. The third kappa shape index (κ3) is 63.8. The quantitative estimate of drug-likeness (QED) is 0.0500. The summed E-state index contributed by atoms with van der Waals surface area (Å²) in [7, 11) is 16.2. The van der Waals surface area contributed by atoms with Crippen LogP contribution < -0.4 is 9.80 Å². The number of methoxy groups -OCH3 is 4. The molecule has 0 aromatic heterocycles. The number of para-hydroxylation sites is 2. The van der Waals surface area contributed by atoms with Crippen LogP contribution in [-0.4, -0.2) is 97.8 Å². The molecule has 2 rings (SSSR count). The number of halogens is 4. The van der Waals surface area contributed by atoms with Crippen LogP contribution in [0.2, 0.25) is 0 Å². The predicted octanol–water partition coefficient (Wildman–Crippen LogP) is 8.91. The van der Waals surface area contributed by atoms with Crippen molar-refractivity contribution in [3.63, 3.8) is 0 Å². The Morgan fingerprint density at radius 2 is 1.04 bits per heavy atom. The summed E-state index contributed by atoms with van der Waals surface area (Å²) < 4.78 is 22.7. The average molecular weight is 854 g/mol. The molecule has 2 aromatic carbocycles. The molecule has 0 bridgehead atoms. The number of terminal acetylenes is 2. The summed E-state index contributed by atoms with van der Waals surface area (Å²) in [5, 5.41) is 7.56. The molecule has 292 valence electrons. The number of aliphatic hydroxyl groups excluding tert-OH is 1. The molecule has 0 fully saturated rings. The van der Waals surface area contributed by atoms with E-state index in [-0.39, 0.29) is 11.8 Å². The van der Waals surface area contributed by atoms with E-state index in [2.05, 4.69) is 128 Å². The van der Waals surface area contributed by atoms with Gasteiger partial charge in [0.05, 0.1) is 13.2 Å². The molecule has 0 aliphatic carbocycles. The van der Waals surface area contributed by atoms with Crippen molar-refractivity contribution in [2.24, 2.45) is 0 Å². The summed E-state index contributed by atoms with van der Waals surface area (Å²) in [5.41, 5.74) is 2.63. The first kappa shape index (κ1) is 61.4. The molecule has 0 unspecified atom stereocenters. The number of nitrogens with zero attached hydrogens (tertiary/aromatic N) is 2. The van der Waals surface area contributed by atoms with Crippen molar-refractivity contribution in [2.45, 2.75) is 47.5 Å². The Kier molecular flexibility index (Phi) is 72.8. The zero-order chi connectivity index (χ0) is 40.4. The molecule has 0 amide bonds. The zero-order valence-electron chi connectivity index (χ0n) is 32.2. The van der Waals surface area contributed by atoms with Gasteiger partial charge in [-0.1, -0.05) is 48.0 Å². The van der Waals surface area contributed by atoms with E-state index >= 15 is 0 Å². The van der Waals surface area contributed by atoms with Gasteiger partial charge in [-0.15, -0.1) is 24.7 Å². The number of benzene rings is 2. The number of hydrogen-bond donors (Lipinski definition) is 1. The predicted molar refractivity (Wildman–Crippen MR) is 217 cm³/mol. The van der Waals surface area contributed by atoms with E-state index in [1.807, 2.05) is 12.1 Å². The second-order valence-electron chi connectivity index (χ2n) is 8.63. The summed E-state index contributed by atoms with van der Waals surface area (Å²) >= 11 is 8.67. The van der Waals surface area contributed by atoms with Gasteiger partial charge < -0.3 is 38.6 Å². The van der Waals surface area contributed by atoms with Gasteiger partial charge in [-0.2, -0.15) is 0 Å². The Labute approximate surface area is 336 Å². The summed E-state index contributed by atoms with van der Waals surface area (Å²) in [6.07, 6.45) is 10.8. The Bertz CT molecular complexity index is 911. The molecular formula is C37H62Cl4N2O7Zn. The van der Waals surface area contributed by atoms with E-state index in [0.717, 1.165) is 26.2 Å². The molecule has 0 aliphatic rings. The second-order valence-corrected chi connectivity index (χ2v) is 14.0. The monoisotopic (exact) mass is 850 g/mol. The van der Waals surface area contributed by atoms with Gasteiger partial charge in [-0.05, 0) is 63.6 Å². The van der Waals surface area contributed by atoms with Crippen molar-refractivity contribution in [2.75, 3.05) is 97.3 Å². The average Bonchev–Trinajstić information content (AvgIpc) is 3.14. The molecule has 1 N–H and O–H groups in total. The van der Waals surface area contributed by atoms with Crippen molar-refractivity contribution >= 4 is 59.2 Å². The standard InChI is InChI=1S/2C10H15N.C6H10O2.C4H6O.C3H8O2.C2H5ClO.C2H3ClO.2ClH.Zn/c2*1-3-11(4-2)10-8-6-5-7-9-10;1-3-4-5-8-6-7-2;1-2-3-4-5;1-4-3-5-2;1-4-2-3;1-2(3)4;;;/h2*5-9H,3-4H2,1-2H3;1H,4-6H2,2H3;1,5H,3-4H2;3H2,1-2H3;2H2,1H3;1H3;2*1H;/q;;;;;;;;;+2/p-2. The van der Waals surface area contributed by atoms with Gasteiger partial charge in [0.15, 0.2) is 0 Å². The molecule has 0 saturated heterocycles. The fraction of sp³-hybridized carbons (Fsp3) is 0.541. The maximum atomic E-state index is 9.21. The Balaban J connectivity index is -0.000000119. The van der Waals surface area contributed by atoms with Crippen molar-refractivity contribution < 1.29 is 48.7 Å². The molecule has 0 radical (unpaired) electrons. The van der Waals surface area contributed by atoms with Gasteiger partial charge in [0.2, 0.25) is 5.24 Å². The number of ether oxygens (including phenoxy) is 5. The van der Waals surface area contributed by atoms with E-state index in [1.54, 1.807) is 28.4 Å². The van der Waals surface area contributed by atoms with Crippen LogP contribution in [0.3, 0.4) is 0 Å². The van der Waals surface area contributed by atoms with E-state index < -0.39 is 15.1 Å². The molecule has 0 saturated carbocycles. The van der Waals surface area contributed by atoms with Crippen LogP contribution in [0, 0.1) is 24.7 Å². The normalized spacial score (nSPS) is 8.24. The van der Waals surface area contributed by atoms with Crippen LogP contribution in [0.1, 0.15) is 47.5 Å². The molecule has 0 atom stereocenters. The fourth-order valence-corrected chi connectivity index (χ4v) is 2.91. The number of carbonyl (C=O) groups excluding carboxylic acids is 1. The van der Waals surface area contributed by atoms with Gasteiger partial charge >= 0.3 is 34.5 Å². The molecule has 9 nitrogen and oxygen atoms in total. The zero-order valence-corrected chi connectivity index (χ0v) is 38.2. The number of aliphatic hydroxyl groups is 1. The number of hydrogen-bond acceptors (Lipinski definition) is 9. The van der Waals surface area contributed by atoms with E-state index in [4.69, 9.17) is 53.7 Å². The molecule has 0 heterocycles. The van der Waals surface area contributed by atoms with Crippen LogP contribution in [0.15, 0.2) is 60.7 Å². The van der Waals surface area contributed by atoms with Crippen molar-refractivity contribution in [1.29, 1.82) is 0 Å². The van der Waals surface area contributed by atoms with Crippen LogP contribution in [0.4, 0.5) is 11.4 Å². The summed E-state index contributed by atoms with van der Waals surface area (Å²) in [6.45, 7) is 15.8. The van der Waals surface area contributed by atoms with E-state index in [1.165, 1.54) is 18.3 Å². The maximum absolute atomic E-state index is 9.21. The van der Waals surface area contributed by atoms with Crippen molar-refractivity contribution in [3.8, 4) is 24.7 Å². The minimum absolute atomic E-state index is 0.108. The Morgan fingerprint density at radius 3 is 1.22 bits per heavy atom. The van der Waals surface area contributed by atoms with E-state index in [9.17, 15) is 4.79 Å². The van der Waals surface area contributed by atoms with E-state index in [0.29, 0.717) is 39.1 Å². The molecule has 51 heavy (non-hydrogen) atoms. The molecule has 14 heteroatoms. The van der Waals surface area contributed by atoms with Gasteiger partial charge in [-0.3, -0.25) is 4.79 Å². The number of carbonyl (C=O) groups is 1. The van der Waals surface area contributed by atoms with Crippen LogP contribution >= 0.6 is 42.6 Å². The van der Waals surface area contributed by atoms with Crippen LogP contribution in [0.5, 0.6) is 0 Å². The first-order chi connectivity index (χ1) is 24.6. The van der Waals surface area contributed by atoms with Gasteiger partial charge in [0.25, 0.3) is 0 Å². The Hall–Kier alpha value is -1.63. The topological polar surface area (TPSA) is 89.9 Å². The second kappa shape index (κ2) is 60.5. The number of alkyl halides is 1. The first-order valence-corrected chi connectivity index (χ1v) is 24.7. The minimum atomic E-state index is -0.931. The van der Waals surface area contributed by atoms with Crippen LogP contribution in [-0.2, 0) is 43.6 Å². The van der Waals surface area contributed by atoms with Crippen molar-refractivity contribution in [3.05, 3.63) is 60.7 Å². The summed E-state index contributed by atoms with van der Waals surface area (Å²) in [6, 6.07) is 21.3. The van der Waals surface area contributed by atoms with Gasteiger partial charge in [-0.25, -0.2) is 0 Å². The number of anilines is 2. The summed E-state index contributed by atoms with van der Waals surface area (Å²) in [4.78, 5) is 13.9. The SMILES string of the molecule is C#CCCO.C#CCCOCOC.CC(=O)Cl.CCN(CC)c1ccccc1.CCN(CC)c1ccccc1.COCCl.COCOC.[Cl][Zn][Cl]. The third-order valence-corrected chi connectivity index (χ3v) is 5.18. The molecule has 0 aliphatic heterocycles. The van der Waals surface area contributed by atoms with Gasteiger partial charge in [0.1, 0.15) is 19.7 Å². The third-order valence-electron chi connectivity index (χ3n) is 4.96. The molecular weight excluding hydrogens is 792 g/mol. The number of rotatable bonds is 14. The molecule has 0 spiro atoms. The molecule has 2 aromatic rings. The fourth-order valence-electron chi connectivity index (χ4n) is 2.91.